The van der Waals surface area contributed by atoms with E-state index in [0.29, 0.717) is 19.0 Å². The molecule has 1 N–H and O–H groups in total. The molecule has 5 heteroatoms. The van der Waals surface area contributed by atoms with Gasteiger partial charge < -0.3 is 10.2 Å². The summed E-state index contributed by atoms with van der Waals surface area (Å²) in [7, 11) is 4.07. The van der Waals surface area contributed by atoms with Gasteiger partial charge in [-0.05, 0) is 34.4 Å². The molecule has 18 heavy (non-hydrogen) atoms. The van der Waals surface area contributed by atoms with Gasteiger partial charge >= 0.3 is 0 Å². The van der Waals surface area contributed by atoms with Crippen LogP contribution in [0, 0.1) is 0 Å². The molecule has 0 saturated carbocycles. The Balaban J connectivity index is 2.37. The SMILES string of the molecule is CC(C)N(CCC1NCCC1(F)F)CCN(C)C. The van der Waals surface area contributed by atoms with Crippen molar-refractivity contribution in [3.8, 4) is 0 Å². The van der Waals surface area contributed by atoms with Crippen LogP contribution in [-0.2, 0) is 0 Å². The molecule has 0 aromatic rings. The van der Waals surface area contributed by atoms with E-state index < -0.39 is 12.0 Å². The van der Waals surface area contributed by atoms with Crippen LogP contribution in [0.4, 0.5) is 8.78 Å². The minimum atomic E-state index is -2.52. The molecule has 108 valence electrons. The maximum Gasteiger partial charge on any atom is 0.264 e. The normalized spacial score (nSPS) is 23.5. The first kappa shape index (κ1) is 15.8. The smallest absolute Gasteiger partial charge is 0.264 e. The second kappa shape index (κ2) is 6.78. The van der Waals surface area contributed by atoms with E-state index in [1.54, 1.807) is 0 Å². The fourth-order valence-electron chi connectivity index (χ4n) is 2.30. The van der Waals surface area contributed by atoms with E-state index in [1.165, 1.54) is 0 Å². The average molecular weight is 263 g/mol. The number of nitrogens with one attached hydrogen (secondary N) is 1. The van der Waals surface area contributed by atoms with Crippen LogP contribution >= 0.6 is 0 Å². The number of hydrogen-bond acceptors (Lipinski definition) is 3. The zero-order valence-electron chi connectivity index (χ0n) is 12.0. The van der Waals surface area contributed by atoms with E-state index in [9.17, 15) is 8.78 Å². The lowest BCUT2D eigenvalue weighted by molar-refractivity contribution is -0.0164. The molecule has 3 nitrogen and oxygen atoms in total. The van der Waals surface area contributed by atoms with Crippen molar-refractivity contribution in [2.45, 2.75) is 44.7 Å². The van der Waals surface area contributed by atoms with Crippen molar-refractivity contribution >= 4 is 0 Å². The number of halogens is 2. The Morgan fingerprint density at radius 1 is 1.22 bits per heavy atom. The van der Waals surface area contributed by atoms with Gasteiger partial charge in [0.2, 0.25) is 0 Å². The predicted molar refractivity (Wildman–Crippen MR) is 71.2 cm³/mol. The summed E-state index contributed by atoms with van der Waals surface area (Å²) in [6, 6.07) is -0.238. The third-order valence-electron chi connectivity index (χ3n) is 3.63. The van der Waals surface area contributed by atoms with Crippen molar-refractivity contribution in [2.75, 3.05) is 40.3 Å². The number of nitrogens with zero attached hydrogens (tertiary/aromatic N) is 2. The number of hydrogen-bond donors (Lipinski definition) is 1. The number of likely N-dealkylation sites (N-methyl/N-ethyl adjacent to an activating group) is 1. The lowest BCUT2D eigenvalue weighted by atomic mass is 10.1. The number of rotatable bonds is 7. The van der Waals surface area contributed by atoms with Gasteiger partial charge in [0.05, 0.1) is 6.04 Å². The summed E-state index contributed by atoms with van der Waals surface area (Å²) >= 11 is 0. The molecule has 1 aliphatic heterocycles. The van der Waals surface area contributed by atoms with Gasteiger partial charge in [-0.2, -0.15) is 0 Å². The average Bonchev–Trinajstić information content (AvgIpc) is 2.57. The molecule has 0 aliphatic carbocycles. The third kappa shape index (κ3) is 4.78. The minimum Gasteiger partial charge on any atom is -0.308 e. The maximum absolute atomic E-state index is 13.5. The van der Waals surface area contributed by atoms with Gasteiger partial charge in [0, 0.05) is 38.6 Å². The van der Waals surface area contributed by atoms with Crippen LogP contribution in [-0.4, -0.2) is 68.1 Å². The van der Waals surface area contributed by atoms with Gasteiger partial charge in [0.15, 0.2) is 0 Å². The molecule has 0 aromatic heterocycles. The Morgan fingerprint density at radius 3 is 2.33 bits per heavy atom. The first-order valence-corrected chi connectivity index (χ1v) is 6.83. The molecule has 1 rings (SSSR count). The highest BCUT2D eigenvalue weighted by Crippen LogP contribution is 2.29. The largest absolute Gasteiger partial charge is 0.308 e. The molecule has 1 atom stereocenters. The third-order valence-corrected chi connectivity index (χ3v) is 3.63. The van der Waals surface area contributed by atoms with Crippen LogP contribution < -0.4 is 5.32 Å². The van der Waals surface area contributed by atoms with Gasteiger partial charge in [0.25, 0.3) is 5.92 Å². The Bertz CT molecular complexity index is 244. The molecule has 0 bridgehead atoms. The lowest BCUT2D eigenvalue weighted by Gasteiger charge is -2.30. The van der Waals surface area contributed by atoms with Gasteiger partial charge in [-0.15, -0.1) is 0 Å². The van der Waals surface area contributed by atoms with Crippen LogP contribution in [0.25, 0.3) is 0 Å². The maximum atomic E-state index is 13.5. The molecule has 1 saturated heterocycles. The Kier molecular flexibility index (Phi) is 5.95. The van der Waals surface area contributed by atoms with Gasteiger partial charge in [-0.3, -0.25) is 4.90 Å². The standard InChI is InChI=1S/C13H27F2N3/c1-11(2)18(10-9-17(3)4)8-5-12-13(14,15)6-7-16-12/h11-12,16H,5-10H2,1-4H3. The molecule has 0 radical (unpaired) electrons. The Labute approximate surface area is 110 Å². The minimum absolute atomic E-state index is 0.0168. The quantitative estimate of drug-likeness (QED) is 0.753. The predicted octanol–water partition coefficient (Wildman–Crippen LogP) is 1.65. The zero-order valence-corrected chi connectivity index (χ0v) is 12.0. The molecular formula is C13H27F2N3. The summed E-state index contributed by atoms with van der Waals surface area (Å²) in [5.41, 5.74) is 0. The summed E-state index contributed by atoms with van der Waals surface area (Å²) < 4.78 is 27.0. The molecule has 1 heterocycles. The second-order valence-corrected chi connectivity index (χ2v) is 5.74. The zero-order chi connectivity index (χ0) is 13.8. The van der Waals surface area contributed by atoms with E-state index in [2.05, 4.69) is 29.0 Å². The van der Waals surface area contributed by atoms with E-state index in [1.807, 2.05) is 14.1 Å². The highest BCUT2D eigenvalue weighted by Gasteiger charge is 2.43. The van der Waals surface area contributed by atoms with Gasteiger partial charge in [0.1, 0.15) is 0 Å². The van der Waals surface area contributed by atoms with Gasteiger partial charge in [-0.25, -0.2) is 8.78 Å². The topological polar surface area (TPSA) is 18.5 Å². The van der Waals surface area contributed by atoms with E-state index in [4.69, 9.17) is 0 Å². The van der Waals surface area contributed by atoms with Crippen LogP contribution in [0.3, 0.4) is 0 Å². The molecule has 1 aliphatic rings. The summed E-state index contributed by atoms with van der Waals surface area (Å²) in [6.07, 6.45) is 0.510. The molecule has 1 unspecified atom stereocenters. The van der Waals surface area contributed by atoms with Crippen molar-refractivity contribution in [3.63, 3.8) is 0 Å². The first-order valence-electron chi connectivity index (χ1n) is 6.83. The summed E-state index contributed by atoms with van der Waals surface area (Å²) in [6.45, 7) is 7.32. The lowest BCUT2D eigenvalue weighted by Crippen LogP contribution is -2.42. The van der Waals surface area contributed by atoms with Gasteiger partial charge in [-0.1, -0.05) is 0 Å². The van der Waals surface area contributed by atoms with Crippen molar-refractivity contribution in [2.24, 2.45) is 0 Å². The van der Waals surface area contributed by atoms with Crippen molar-refractivity contribution in [1.29, 1.82) is 0 Å². The fourth-order valence-corrected chi connectivity index (χ4v) is 2.30. The van der Waals surface area contributed by atoms with Crippen LogP contribution in [0.5, 0.6) is 0 Å². The van der Waals surface area contributed by atoms with E-state index in [0.717, 1.165) is 19.6 Å². The fraction of sp³-hybridized carbons (Fsp3) is 1.00. The highest BCUT2D eigenvalue weighted by molar-refractivity contribution is 4.91. The van der Waals surface area contributed by atoms with Crippen LogP contribution in [0.15, 0.2) is 0 Å². The van der Waals surface area contributed by atoms with Crippen LogP contribution in [0.2, 0.25) is 0 Å². The number of alkyl halides is 2. The molecular weight excluding hydrogens is 236 g/mol. The van der Waals surface area contributed by atoms with Crippen molar-refractivity contribution < 1.29 is 8.78 Å². The summed E-state index contributed by atoms with van der Waals surface area (Å²) in [5, 5.41) is 2.92. The first-order chi connectivity index (χ1) is 8.33. The highest BCUT2D eigenvalue weighted by atomic mass is 19.3. The van der Waals surface area contributed by atoms with Crippen molar-refractivity contribution in [1.82, 2.24) is 15.1 Å². The molecule has 1 fully saturated rings. The molecule has 0 aromatic carbocycles. The molecule has 0 amide bonds. The van der Waals surface area contributed by atoms with Crippen LogP contribution in [0.1, 0.15) is 26.7 Å². The van der Waals surface area contributed by atoms with Crippen molar-refractivity contribution in [3.05, 3.63) is 0 Å². The Morgan fingerprint density at radius 2 is 1.89 bits per heavy atom. The Hall–Kier alpha value is -0.260. The van der Waals surface area contributed by atoms with E-state index >= 15 is 0 Å². The molecule has 0 spiro atoms. The summed E-state index contributed by atoms with van der Waals surface area (Å²) in [5.74, 6) is -2.52. The summed E-state index contributed by atoms with van der Waals surface area (Å²) in [4.78, 5) is 4.40. The second-order valence-electron chi connectivity index (χ2n) is 5.74. The monoisotopic (exact) mass is 263 g/mol. The van der Waals surface area contributed by atoms with E-state index in [-0.39, 0.29) is 6.42 Å².